The van der Waals surface area contributed by atoms with E-state index < -0.39 is 24.4 Å². The van der Waals surface area contributed by atoms with Gasteiger partial charge in [-0.15, -0.1) is 0 Å². The van der Waals surface area contributed by atoms with Crippen molar-refractivity contribution in [3.63, 3.8) is 0 Å². The minimum atomic E-state index is -1.41. The second-order valence-corrected chi connectivity index (χ2v) is 2.44. The van der Waals surface area contributed by atoms with E-state index >= 15 is 0 Å². The first-order valence-electron chi connectivity index (χ1n) is 3.25. The standard InChI is InChI=1S/C6H13NO4/c1-3(9)5(10)6(11)4(7)2-8/h2-6,9-11H,7H2,1H3/t3-,4-,5+,6-/m0/s1. The van der Waals surface area contributed by atoms with Crippen molar-refractivity contribution < 1.29 is 20.1 Å². The maximum absolute atomic E-state index is 10.00. The van der Waals surface area contributed by atoms with Crippen LogP contribution in [0.25, 0.3) is 0 Å². The summed E-state index contributed by atoms with van der Waals surface area (Å²) in [6, 6.07) is -1.15. The summed E-state index contributed by atoms with van der Waals surface area (Å²) in [6.07, 6.45) is -3.57. The van der Waals surface area contributed by atoms with Gasteiger partial charge in [-0.1, -0.05) is 0 Å². The fourth-order valence-corrected chi connectivity index (χ4v) is 0.594. The molecule has 0 fully saturated rings. The van der Waals surface area contributed by atoms with Crippen LogP contribution in [0.15, 0.2) is 0 Å². The summed E-state index contributed by atoms with van der Waals surface area (Å²) in [6.45, 7) is 1.30. The zero-order valence-corrected chi connectivity index (χ0v) is 6.21. The molecule has 0 spiro atoms. The molecule has 0 unspecified atom stereocenters. The molecule has 0 heterocycles. The lowest BCUT2D eigenvalue weighted by atomic mass is 10.0. The number of aldehydes is 1. The molecule has 0 saturated carbocycles. The fraction of sp³-hybridized carbons (Fsp3) is 0.833. The minimum absolute atomic E-state index is 0.316. The molecular weight excluding hydrogens is 150 g/mol. The van der Waals surface area contributed by atoms with Gasteiger partial charge < -0.3 is 25.8 Å². The van der Waals surface area contributed by atoms with Crippen LogP contribution in [0.1, 0.15) is 6.92 Å². The fourth-order valence-electron chi connectivity index (χ4n) is 0.594. The quantitative estimate of drug-likeness (QED) is 0.346. The normalized spacial score (nSPS) is 21.9. The van der Waals surface area contributed by atoms with Crippen LogP contribution in [0.2, 0.25) is 0 Å². The summed E-state index contributed by atoms with van der Waals surface area (Å²) in [4.78, 5) is 10.00. The van der Waals surface area contributed by atoms with Gasteiger partial charge in [0.1, 0.15) is 18.5 Å². The summed E-state index contributed by atoms with van der Waals surface area (Å²) in [7, 11) is 0. The van der Waals surface area contributed by atoms with Crippen molar-refractivity contribution in [1.29, 1.82) is 0 Å². The lowest BCUT2D eigenvalue weighted by Gasteiger charge is -2.21. The van der Waals surface area contributed by atoms with Gasteiger partial charge in [0.15, 0.2) is 0 Å². The molecule has 66 valence electrons. The van der Waals surface area contributed by atoms with Crippen LogP contribution in [0.5, 0.6) is 0 Å². The highest BCUT2D eigenvalue weighted by atomic mass is 16.4. The molecule has 0 radical (unpaired) electrons. The number of aliphatic hydroxyl groups is 3. The van der Waals surface area contributed by atoms with Crippen molar-refractivity contribution in [3.8, 4) is 0 Å². The molecule has 5 nitrogen and oxygen atoms in total. The lowest BCUT2D eigenvalue weighted by molar-refractivity contribution is -0.115. The maximum atomic E-state index is 10.00. The largest absolute Gasteiger partial charge is 0.391 e. The highest BCUT2D eigenvalue weighted by Gasteiger charge is 2.26. The molecule has 0 aromatic heterocycles. The Labute approximate surface area is 64.4 Å². The summed E-state index contributed by atoms with van der Waals surface area (Å²) >= 11 is 0. The number of rotatable bonds is 4. The first-order chi connectivity index (χ1) is 5.00. The summed E-state index contributed by atoms with van der Waals surface area (Å²) in [5, 5.41) is 26.7. The zero-order valence-electron chi connectivity index (χ0n) is 6.21. The van der Waals surface area contributed by atoms with Gasteiger partial charge in [-0.25, -0.2) is 0 Å². The summed E-state index contributed by atoms with van der Waals surface area (Å²) in [5.41, 5.74) is 5.07. The first kappa shape index (κ1) is 10.5. The van der Waals surface area contributed by atoms with Gasteiger partial charge in [-0.3, -0.25) is 0 Å². The van der Waals surface area contributed by atoms with Crippen LogP contribution in [-0.2, 0) is 4.79 Å². The van der Waals surface area contributed by atoms with Gasteiger partial charge in [-0.05, 0) is 6.92 Å². The Kier molecular flexibility index (Phi) is 4.20. The van der Waals surface area contributed by atoms with Gasteiger partial charge in [0, 0.05) is 0 Å². The van der Waals surface area contributed by atoms with E-state index in [-0.39, 0.29) is 0 Å². The van der Waals surface area contributed by atoms with E-state index in [0.29, 0.717) is 6.29 Å². The number of carbonyl (C=O) groups excluding carboxylic acids is 1. The molecule has 0 aliphatic rings. The highest BCUT2D eigenvalue weighted by molar-refractivity contribution is 5.58. The van der Waals surface area contributed by atoms with Gasteiger partial charge in [0.05, 0.1) is 12.1 Å². The molecular formula is C6H13NO4. The molecule has 0 aliphatic heterocycles. The van der Waals surface area contributed by atoms with Crippen molar-refractivity contribution >= 4 is 6.29 Å². The van der Waals surface area contributed by atoms with Crippen LogP contribution in [-0.4, -0.2) is 46.0 Å². The Bertz CT molecular complexity index is 128. The highest BCUT2D eigenvalue weighted by Crippen LogP contribution is 2.01. The second kappa shape index (κ2) is 4.40. The van der Waals surface area contributed by atoms with E-state index in [1.807, 2.05) is 0 Å². The van der Waals surface area contributed by atoms with Crippen molar-refractivity contribution in [2.24, 2.45) is 5.73 Å². The van der Waals surface area contributed by atoms with E-state index in [4.69, 9.17) is 21.1 Å². The molecule has 11 heavy (non-hydrogen) atoms. The van der Waals surface area contributed by atoms with Gasteiger partial charge in [-0.2, -0.15) is 0 Å². The Morgan fingerprint density at radius 2 is 1.73 bits per heavy atom. The molecule has 5 N–H and O–H groups in total. The Morgan fingerprint density at radius 1 is 1.27 bits per heavy atom. The van der Waals surface area contributed by atoms with Crippen LogP contribution in [0, 0.1) is 0 Å². The molecule has 5 heteroatoms. The van der Waals surface area contributed by atoms with Crippen molar-refractivity contribution in [1.82, 2.24) is 0 Å². The number of nitrogens with two attached hydrogens (primary N) is 1. The number of aliphatic hydroxyl groups excluding tert-OH is 3. The summed E-state index contributed by atoms with van der Waals surface area (Å²) < 4.78 is 0. The molecule has 0 aliphatic carbocycles. The topological polar surface area (TPSA) is 104 Å². The van der Waals surface area contributed by atoms with Crippen LogP contribution < -0.4 is 5.73 Å². The molecule has 0 bridgehead atoms. The third-order valence-electron chi connectivity index (χ3n) is 1.40. The maximum Gasteiger partial charge on any atom is 0.139 e. The monoisotopic (exact) mass is 163 g/mol. The average molecular weight is 163 g/mol. The third kappa shape index (κ3) is 2.94. The smallest absolute Gasteiger partial charge is 0.139 e. The van der Waals surface area contributed by atoms with Crippen molar-refractivity contribution in [3.05, 3.63) is 0 Å². The Morgan fingerprint density at radius 3 is 2.00 bits per heavy atom. The summed E-state index contributed by atoms with van der Waals surface area (Å²) in [5.74, 6) is 0. The minimum Gasteiger partial charge on any atom is -0.391 e. The average Bonchev–Trinajstić information content (AvgIpc) is 2.00. The molecule has 0 aromatic rings. The molecule has 0 amide bonds. The van der Waals surface area contributed by atoms with Crippen molar-refractivity contribution in [2.75, 3.05) is 0 Å². The first-order valence-corrected chi connectivity index (χ1v) is 3.25. The lowest BCUT2D eigenvalue weighted by Crippen LogP contribution is -2.48. The van der Waals surface area contributed by atoms with E-state index in [0.717, 1.165) is 0 Å². The predicted molar refractivity (Wildman–Crippen MR) is 37.7 cm³/mol. The van der Waals surface area contributed by atoms with Crippen molar-refractivity contribution in [2.45, 2.75) is 31.3 Å². The number of hydrogen-bond donors (Lipinski definition) is 4. The van der Waals surface area contributed by atoms with Crippen LogP contribution in [0.4, 0.5) is 0 Å². The zero-order chi connectivity index (χ0) is 9.02. The van der Waals surface area contributed by atoms with E-state index in [1.54, 1.807) is 0 Å². The Hall–Kier alpha value is -0.490. The van der Waals surface area contributed by atoms with Crippen LogP contribution in [0.3, 0.4) is 0 Å². The van der Waals surface area contributed by atoms with Crippen LogP contribution >= 0.6 is 0 Å². The predicted octanol–water partition coefficient (Wildman–Crippen LogP) is -2.38. The van der Waals surface area contributed by atoms with Gasteiger partial charge in [0.2, 0.25) is 0 Å². The van der Waals surface area contributed by atoms with Gasteiger partial charge in [0.25, 0.3) is 0 Å². The number of carbonyl (C=O) groups is 1. The van der Waals surface area contributed by atoms with E-state index in [2.05, 4.69) is 0 Å². The van der Waals surface area contributed by atoms with Gasteiger partial charge >= 0.3 is 0 Å². The Balaban J connectivity index is 4.00. The molecule has 0 saturated heterocycles. The van der Waals surface area contributed by atoms with E-state index in [1.165, 1.54) is 6.92 Å². The third-order valence-corrected chi connectivity index (χ3v) is 1.40. The molecule has 0 rings (SSSR count). The molecule has 0 aromatic carbocycles. The molecule has 4 atom stereocenters. The van der Waals surface area contributed by atoms with E-state index in [9.17, 15) is 4.79 Å². The SMILES string of the molecule is C[C@H](O)[C@@H](O)[C@@H](O)[C@@H](N)C=O. The second-order valence-electron chi connectivity index (χ2n) is 2.44. The number of hydrogen-bond acceptors (Lipinski definition) is 5.